The fourth-order valence-corrected chi connectivity index (χ4v) is 4.76. The lowest BCUT2D eigenvalue weighted by molar-refractivity contribution is -0.0979. The minimum Gasteiger partial charge on any atom is -0.507 e. The van der Waals surface area contributed by atoms with Crippen LogP contribution in [0.15, 0.2) is 64.6 Å². The second kappa shape index (κ2) is 13.3. The van der Waals surface area contributed by atoms with Gasteiger partial charge in [-0.15, -0.1) is 11.8 Å². The average Bonchev–Trinajstić information content (AvgIpc) is 2.96. The molecule has 4 heteroatoms. The Labute approximate surface area is 198 Å². The van der Waals surface area contributed by atoms with E-state index in [9.17, 15) is 5.11 Å². The molecule has 3 nitrogen and oxygen atoms in total. The first-order valence-electron chi connectivity index (χ1n) is 11.1. The third-order valence-electron chi connectivity index (χ3n) is 5.62. The van der Waals surface area contributed by atoms with Crippen LogP contribution in [0, 0.1) is 0 Å². The number of carbonyl (C=O) groups excluding carboxylic acids is 1. The van der Waals surface area contributed by atoms with Crippen LogP contribution in [0.1, 0.15) is 76.5 Å². The highest BCUT2D eigenvalue weighted by atomic mass is 32.2. The van der Waals surface area contributed by atoms with Crippen LogP contribution >= 0.6 is 11.8 Å². The molecule has 2 aliphatic rings. The van der Waals surface area contributed by atoms with Gasteiger partial charge in [-0.25, -0.2) is 0 Å². The molecule has 1 aliphatic heterocycles. The number of fused-ring (bicyclic) bond motifs is 1. The van der Waals surface area contributed by atoms with Gasteiger partial charge < -0.3 is 15.0 Å². The summed E-state index contributed by atoms with van der Waals surface area (Å²) in [6.07, 6.45) is 12.4. The van der Waals surface area contributed by atoms with Gasteiger partial charge in [0.15, 0.2) is 0 Å². The molecule has 1 atom stereocenters. The third kappa shape index (κ3) is 6.36. The van der Waals surface area contributed by atoms with Crippen LogP contribution in [-0.4, -0.2) is 29.4 Å². The van der Waals surface area contributed by atoms with Gasteiger partial charge in [-0.05, 0) is 76.2 Å². The highest BCUT2D eigenvalue weighted by Crippen LogP contribution is 2.44. The molecule has 0 spiro atoms. The summed E-state index contributed by atoms with van der Waals surface area (Å²) in [7, 11) is 1.00. The van der Waals surface area contributed by atoms with Gasteiger partial charge in [0.25, 0.3) is 0 Å². The van der Waals surface area contributed by atoms with Gasteiger partial charge in [-0.2, -0.15) is 0 Å². The second-order valence-electron chi connectivity index (χ2n) is 8.20. The smallest absolute Gasteiger partial charge is 0.126 e. The van der Waals surface area contributed by atoms with E-state index in [0.29, 0.717) is 16.9 Å². The summed E-state index contributed by atoms with van der Waals surface area (Å²) in [6, 6.07) is 4.36. The predicted molar refractivity (Wildman–Crippen MR) is 140 cm³/mol. The maximum atomic E-state index is 11.1. The van der Waals surface area contributed by atoms with Crippen LogP contribution < -0.4 is 0 Å². The Kier molecular flexibility index (Phi) is 11.5. The zero-order chi connectivity index (χ0) is 24.4. The number of aromatic hydroxyl groups is 1. The summed E-state index contributed by atoms with van der Waals surface area (Å²) in [4.78, 5) is 8.00. The van der Waals surface area contributed by atoms with Crippen molar-refractivity contribution in [3.8, 4) is 5.75 Å². The SMILES string of the molecule is C/C=C(\CC)C1=CC2=CC(C=C1)SC=C2c1cc(C(C)C)cc(C(C)C)c1O.C=O.CO. The summed E-state index contributed by atoms with van der Waals surface area (Å²) < 4.78 is 0. The van der Waals surface area contributed by atoms with Crippen LogP contribution in [0.25, 0.3) is 5.57 Å². The minimum absolute atomic E-state index is 0.285. The lowest BCUT2D eigenvalue weighted by Crippen LogP contribution is -2.03. The van der Waals surface area contributed by atoms with Crippen LogP contribution in [0.5, 0.6) is 5.75 Å². The molecule has 1 aromatic carbocycles. The number of phenolic OH excluding ortho intramolecular Hbond substituents is 1. The molecule has 0 radical (unpaired) electrons. The lowest BCUT2D eigenvalue weighted by atomic mass is 9.87. The molecule has 1 heterocycles. The molecule has 0 aromatic heterocycles. The zero-order valence-corrected chi connectivity index (χ0v) is 21.3. The van der Waals surface area contributed by atoms with E-state index in [0.717, 1.165) is 30.2 Å². The minimum atomic E-state index is 0.285. The topological polar surface area (TPSA) is 57.5 Å². The van der Waals surface area contributed by atoms with Crippen molar-refractivity contribution in [3.63, 3.8) is 0 Å². The largest absolute Gasteiger partial charge is 0.507 e. The third-order valence-corrected chi connectivity index (χ3v) is 6.59. The van der Waals surface area contributed by atoms with Crippen molar-refractivity contribution in [3.05, 3.63) is 81.3 Å². The zero-order valence-electron chi connectivity index (χ0n) is 20.5. The number of allylic oxidation sites excluding steroid dienone is 7. The Hall–Kier alpha value is -2.30. The van der Waals surface area contributed by atoms with E-state index >= 15 is 0 Å². The van der Waals surface area contributed by atoms with E-state index in [4.69, 9.17) is 9.90 Å². The van der Waals surface area contributed by atoms with Gasteiger partial charge in [0.05, 0.1) is 0 Å². The monoisotopic (exact) mass is 454 g/mol. The van der Waals surface area contributed by atoms with Crippen LogP contribution in [0.3, 0.4) is 0 Å². The van der Waals surface area contributed by atoms with E-state index < -0.39 is 0 Å². The summed E-state index contributed by atoms with van der Waals surface area (Å²) in [5.74, 6) is 1.14. The lowest BCUT2D eigenvalue weighted by Gasteiger charge is -2.22. The number of benzene rings is 1. The molecular formula is C28H38O3S. The molecule has 0 fully saturated rings. The maximum Gasteiger partial charge on any atom is 0.126 e. The highest BCUT2D eigenvalue weighted by Gasteiger charge is 2.23. The maximum absolute atomic E-state index is 11.1. The molecule has 2 N–H and O–H groups in total. The Morgan fingerprint density at radius 1 is 1.16 bits per heavy atom. The van der Waals surface area contributed by atoms with Crippen molar-refractivity contribution in [2.75, 3.05) is 7.11 Å². The first kappa shape index (κ1) is 27.7. The quantitative estimate of drug-likeness (QED) is 0.490. The van der Waals surface area contributed by atoms with Gasteiger partial charge in [0.2, 0.25) is 0 Å². The highest BCUT2D eigenvalue weighted by molar-refractivity contribution is 8.03. The number of aliphatic hydroxyl groups excluding tert-OH is 1. The van der Waals surface area contributed by atoms with Gasteiger partial charge in [0.1, 0.15) is 12.5 Å². The van der Waals surface area contributed by atoms with E-state index in [1.54, 1.807) is 0 Å². The average molecular weight is 455 g/mol. The number of thioether (sulfide) groups is 1. The summed E-state index contributed by atoms with van der Waals surface area (Å²) in [6.45, 7) is 15.0. The number of carbonyl (C=O) groups is 1. The number of hydrogen-bond acceptors (Lipinski definition) is 4. The van der Waals surface area contributed by atoms with E-state index in [1.165, 1.54) is 22.3 Å². The number of aliphatic hydroxyl groups is 1. The molecule has 32 heavy (non-hydrogen) atoms. The first-order valence-corrected chi connectivity index (χ1v) is 12.0. The van der Waals surface area contributed by atoms with Crippen molar-refractivity contribution in [1.29, 1.82) is 0 Å². The van der Waals surface area contributed by atoms with E-state index in [2.05, 4.69) is 89.5 Å². The molecular weight excluding hydrogens is 416 g/mol. The van der Waals surface area contributed by atoms with Crippen LogP contribution in [0.4, 0.5) is 0 Å². The van der Waals surface area contributed by atoms with Gasteiger partial charge in [0, 0.05) is 17.9 Å². The normalized spacial score (nSPS) is 17.4. The molecule has 174 valence electrons. The van der Waals surface area contributed by atoms with Crippen molar-refractivity contribution < 1.29 is 15.0 Å². The molecule has 0 saturated heterocycles. The number of rotatable bonds is 5. The van der Waals surface area contributed by atoms with Crippen molar-refractivity contribution >= 4 is 24.1 Å². The molecule has 1 aromatic rings. The Morgan fingerprint density at radius 3 is 2.34 bits per heavy atom. The second-order valence-corrected chi connectivity index (χ2v) is 9.25. The van der Waals surface area contributed by atoms with Gasteiger partial charge in [-0.1, -0.05) is 65.0 Å². The summed E-state index contributed by atoms with van der Waals surface area (Å²) >= 11 is 1.81. The van der Waals surface area contributed by atoms with Gasteiger partial charge >= 0.3 is 0 Å². The molecule has 2 bridgehead atoms. The van der Waals surface area contributed by atoms with Crippen LogP contribution in [-0.2, 0) is 4.79 Å². The number of phenols is 1. The van der Waals surface area contributed by atoms with Crippen molar-refractivity contribution in [2.45, 2.75) is 65.0 Å². The Morgan fingerprint density at radius 2 is 1.81 bits per heavy atom. The molecule has 1 unspecified atom stereocenters. The molecule has 1 aliphatic carbocycles. The van der Waals surface area contributed by atoms with E-state index in [1.807, 2.05) is 18.6 Å². The first-order chi connectivity index (χ1) is 15.3. The van der Waals surface area contributed by atoms with Gasteiger partial charge in [-0.3, -0.25) is 0 Å². The predicted octanol–water partition coefficient (Wildman–Crippen LogP) is 7.30. The Balaban J connectivity index is 0.00000121. The molecule has 0 saturated carbocycles. The summed E-state index contributed by atoms with van der Waals surface area (Å²) in [5.41, 5.74) is 8.26. The summed E-state index contributed by atoms with van der Waals surface area (Å²) in [5, 5.41) is 20.7. The Bertz CT molecular complexity index is 930. The van der Waals surface area contributed by atoms with Crippen molar-refractivity contribution in [1.82, 2.24) is 0 Å². The van der Waals surface area contributed by atoms with Crippen LogP contribution in [0.2, 0.25) is 0 Å². The fourth-order valence-electron chi connectivity index (χ4n) is 3.81. The van der Waals surface area contributed by atoms with Crippen molar-refractivity contribution in [2.24, 2.45) is 0 Å². The molecule has 0 amide bonds. The standard InChI is InChI=1S/C26H32OS.CH4O.CH2O/c1-7-18(8-2)19-9-10-22-12-21(11-19)25(15-28-22)24-14-20(16(3)4)13-23(17(5)6)26(24)27;2*1-2/h7,9-17,22,27H,8H2,1-6H3;2H,1H3;1H2/b18-7+;;. The van der Waals surface area contributed by atoms with E-state index in [-0.39, 0.29) is 5.92 Å². The molecule has 3 rings (SSSR count). The number of hydrogen-bond donors (Lipinski definition) is 2. The fraction of sp³-hybridized carbons (Fsp3) is 0.393.